The molecule has 0 unspecified atom stereocenters. The summed E-state index contributed by atoms with van der Waals surface area (Å²) in [6.07, 6.45) is 0.482. The molecule has 0 bridgehead atoms. The Morgan fingerprint density at radius 3 is 2.24 bits per heavy atom. The molecule has 0 radical (unpaired) electrons. The van der Waals surface area contributed by atoms with E-state index >= 15 is 0 Å². The van der Waals surface area contributed by atoms with Gasteiger partial charge in [0, 0.05) is 22.7 Å². The highest BCUT2D eigenvalue weighted by Gasteiger charge is 2.25. The largest absolute Gasteiger partial charge is 0.481 e. The SMILES string of the molecule is O=C(O)CC(C(=O)O)=C(C(=O)O)c1c[nH]c2ccccc12. The summed E-state index contributed by atoms with van der Waals surface area (Å²) >= 11 is 0. The van der Waals surface area contributed by atoms with Crippen molar-refractivity contribution in [2.75, 3.05) is 0 Å². The van der Waals surface area contributed by atoms with Crippen LogP contribution in [-0.2, 0) is 14.4 Å². The van der Waals surface area contributed by atoms with E-state index in [2.05, 4.69) is 4.98 Å². The average Bonchev–Trinajstić information content (AvgIpc) is 2.81. The standard InChI is InChI=1S/C14H11NO6/c16-11(17)5-8(13(18)19)12(14(20)21)9-6-15-10-4-2-1-3-7(9)10/h1-4,6,15H,5H2,(H,16,17)(H,18,19)(H,20,21). The number of hydrogen-bond donors (Lipinski definition) is 4. The first-order valence-corrected chi connectivity index (χ1v) is 5.90. The zero-order chi connectivity index (χ0) is 15.6. The zero-order valence-electron chi connectivity index (χ0n) is 10.7. The Hall–Kier alpha value is -3.09. The maximum Gasteiger partial charge on any atom is 0.336 e. The normalized spacial score (nSPS) is 12.0. The van der Waals surface area contributed by atoms with Gasteiger partial charge in [-0.3, -0.25) is 4.79 Å². The Kier molecular flexibility index (Phi) is 3.75. The van der Waals surface area contributed by atoms with Crippen molar-refractivity contribution in [1.82, 2.24) is 4.98 Å². The number of hydrogen-bond acceptors (Lipinski definition) is 3. The Balaban J connectivity index is 2.75. The molecule has 1 aromatic heterocycles. The lowest BCUT2D eigenvalue weighted by atomic mass is 9.97. The van der Waals surface area contributed by atoms with Crippen LogP contribution < -0.4 is 0 Å². The van der Waals surface area contributed by atoms with Gasteiger partial charge < -0.3 is 20.3 Å². The van der Waals surface area contributed by atoms with Crippen LogP contribution in [0.15, 0.2) is 36.0 Å². The molecule has 21 heavy (non-hydrogen) atoms. The van der Waals surface area contributed by atoms with Gasteiger partial charge in [0.05, 0.1) is 17.6 Å². The Morgan fingerprint density at radius 1 is 1.00 bits per heavy atom. The minimum Gasteiger partial charge on any atom is -0.481 e. The van der Waals surface area contributed by atoms with Gasteiger partial charge in [-0.2, -0.15) is 0 Å². The number of nitrogens with one attached hydrogen (secondary N) is 1. The lowest BCUT2D eigenvalue weighted by molar-refractivity contribution is -0.139. The third-order valence-corrected chi connectivity index (χ3v) is 2.96. The highest BCUT2D eigenvalue weighted by molar-refractivity contribution is 6.25. The van der Waals surface area contributed by atoms with Crippen LogP contribution in [0.4, 0.5) is 0 Å². The van der Waals surface area contributed by atoms with E-state index in [0.29, 0.717) is 10.9 Å². The molecular formula is C14H11NO6. The summed E-state index contributed by atoms with van der Waals surface area (Å²) in [4.78, 5) is 36.3. The second-order valence-corrected chi connectivity index (χ2v) is 4.28. The molecule has 108 valence electrons. The first kappa shape index (κ1) is 14.3. The second kappa shape index (κ2) is 5.49. The molecule has 1 aromatic carbocycles. The molecule has 0 saturated carbocycles. The molecule has 4 N–H and O–H groups in total. The van der Waals surface area contributed by atoms with Crippen molar-refractivity contribution in [1.29, 1.82) is 0 Å². The van der Waals surface area contributed by atoms with E-state index in [9.17, 15) is 19.5 Å². The number of para-hydroxylation sites is 1. The molecule has 7 nitrogen and oxygen atoms in total. The number of aromatic nitrogens is 1. The van der Waals surface area contributed by atoms with Crippen LogP contribution in [0.25, 0.3) is 16.5 Å². The van der Waals surface area contributed by atoms with E-state index < -0.39 is 35.5 Å². The van der Waals surface area contributed by atoms with Gasteiger partial charge in [-0.25, -0.2) is 9.59 Å². The summed E-state index contributed by atoms with van der Waals surface area (Å²) in [5, 5.41) is 27.7. The van der Waals surface area contributed by atoms with Gasteiger partial charge in [0.2, 0.25) is 0 Å². The van der Waals surface area contributed by atoms with Crippen LogP contribution in [0.5, 0.6) is 0 Å². The van der Waals surface area contributed by atoms with Crippen LogP contribution >= 0.6 is 0 Å². The van der Waals surface area contributed by atoms with Crippen molar-refractivity contribution in [3.63, 3.8) is 0 Å². The number of carbonyl (C=O) groups is 3. The number of aliphatic carboxylic acids is 3. The van der Waals surface area contributed by atoms with E-state index in [4.69, 9.17) is 10.2 Å². The molecule has 0 aliphatic carbocycles. The third-order valence-electron chi connectivity index (χ3n) is 2.96. The monoisotopic (exact) mass is 289 g/mol. The molecule has 0 saturated heterocycles. The van der Waals surface area contributed by atoms with Gasteiger partial charge in [0.15, 0.2) is 0 Å². The highest BCUT2D eigenvalue weighted by Crippen LogP contribution is 2.28. The second-order valence-electron chi connectivity index (χ2n) is 4.28. The van der Waals surface area contributed by atoms with Gasteiger partial charge in [-0.15, -0.1) is 0 Å². The lowest BCUT2D eigenvalue weighted by Crippen LogP contribution is -2.13. The average molecular weight is 289 g/mol. The van der Waals surface area contributed by atoms with Gasteiger partial charge in [-0.05, 0) is 6.07 Å². The van der Waals surface area contributed by atoms with Crippen LogP contribution in [-0.4, -0.2) is 38.2 Å². The van der Waals surface area contributed by atoms with Crippen molar-refractivity contribution in [3.05, 3.63) is 41.6 Å². The van der Waals surface area contributed by atoms with Crippen LogP contribution in [0.1, 0.15) is 12.0 Å². The number of aromatic amines is 1. The van der Waals surface area contributed by atoms with Crippen molar-refractivity contribution < 1.29 is 29.7 Å². The minimum atomic E-state index is -1.57. The number of rotatable bonds is 5. The topological polar surface area (TPSA) is 128 Å². The number of H-pyrrole nitrogens is 1. The van der Waals surface area contributed by atoms with Gasteiger partial charge in [0.1, 0.15) is 0 Å². The summed E-state index contributed by atoms with van der Waals surface area (Å²) in [6.45, 7) is 0. The predicted octanol–water partition coefficient (Wildman–Crippen LogP) is 1.57. The van der Waals surface area contributed by atoms with E-state index in [1.54, 1.807) is 24.3 Å². The Morgan fingerprint density at radius 2 is 1.67 bits per heavy atom. The van der Waals surface area contributed by atoms with Crippen molar-refractivity contribution in [3.8, 4) is 0 Å². The van der Waals surface area contributed by atoms with Crippen LogP contribution in [0.3, 0.4) is 0 Å². The maximum absolute atomic E-state index is 11.4. The first-order valence-electron chi connectivity index (χ1n) is 5.90. The van der Waals surface area contributed by atoms with E-state index in [1.807, 2.05) is 0 Å². The molecule has 2 rings (SSSR count). The van der Waals surface area contributed by atoms with Crippen molar-refractivity contribution >= 4 is 34.4 Å². The molecule has 2 aromatic rings. The fourth-order valence-electron chi connectivity index (χ4n) is 2.11. The van der Waals surface area contributed by atoms with E-state index in [1.165, 1.54) is 6.20 Å². The fourth-order valence-corrected chi connectivity index (χ4v) is 2.11. The lowest BCUT2D eigenvalue weighted by Gasteiger charge is -2.06. The van der Waals surface area contributed by atoms with Gasteiger partial charge in [-0.1, -0.05) is 18.2 Å². The van der Waals surface area contributed by atoms with Crippen LogP contribution in [0.2, 0.25) is 0 Å². The summed E-state index contributed by atoms with van der Waals surface area (Å²) in [5.74, 6) is -4.47. The molecule has 0 amide bonds. The quantitative estimate of drug-likeness (QED) is 0.618. The minimum absolute atomic E-state index is 0.150. The summed E-state index contributed by atoms with van der Waals surface area (Å²) in [5.41, 5.74) is -0.412. The molecule has 0 spiro atoms. The Bertz CT molecular complexity index is 771. The Labute approximate surface area is 118 Å². The van der Waals surface area contributed by atoms with Crippen molar-refractivity contribution in [2.45, 2.75) is 6.42 Å². The van der Waals surface area contributed by atoms with E-state index in [-0.39, 0.29) is 5.56 Å². The number of fused-ring (bicyclic) bond motifs is 1. The van der Waals surface area contributed by atoms with Crippen molar-refractivity contribution in [2.24, 2.45) is 0 Å². The number of benzene rings is 1. The first-order chi connectivity index (χ1) is 9.91. The highest BCUT2D eigenvalue weighted by atomic mass is 16.4. The number of carboxylic acids is 3. The number of carboxylic acid groups (broad SMARTS) is 3. The van der Waals surface area contributed by atoms with E-state index in [0.717, 1.165) is 0 Å². The third kappa shape index (κ3) is 2.76. The molecule has 1 heterocycles. The fraction of sp³-hybridized carbons (Fsp3) is 0.0714. The summed E-state index contributed by atoms with van der Waals surface area (Å²) < 4.78 is 0. The molecule has 0 atom stereocenters. The smallest absolute Gasteiger partial charge is 0.336 e. The molecule has 0 fully saturated rings. The summed E-state index contributed by atoms with van der Waals surface area (Å²) in [6, 6.07) is 6.75. The summed E-state index contributed by atoms with van der Waals surface area (Å²) in [7, 11) is 0. The predicted molar refractivity (Wildman–Crippen MR) is 72.7 cm³/mol. The zero-order valence-corrected chi connectivity index (χ0v) is 10.7. The van der Waals surface area contributed by atoms with Gasteiger partial charge in [0.25, 0.3) is 0 Å². The molecule has 0 aliphatic heterocycles. The molecule has 0 aliphatic rings. The molecule has 7 heteroatoms. The van der Waals surface area contributed by atoms with Gasteiger partial charge >= 0.3 is 17.9 Å². The van der Waals surface area contributed by atoms with Crippen LogP contribution in [0, 0.1) is 0 Å². The maximum atomic E-state index is 11.4. The molecular weight excluding hydrogens is 278 g/mol.